The minimum Gasteiger partial charge on any atom is -0.478 e. The van der Waals surface area contributed by atoms with Gasteiger partial charge >= 0.3 is 5.97 Å². The van der Waals surface area contributed by atoms with Gasteiger partial charge in [-0.05, 0) is 36.6 Å². The predicted octanol–water partition coefficient (Wildman–Crippen LogP) is 3.37. The van der Waals surface area contributed by atoms with Crippen molar-refractivity contribution < 1.29 is 9.90 Å². The van der Waals surface area contributed by atoms with E-state index in [1.54, 1.807) is 6.20 Å². The maximum absolute atomic E-state index is 11.9. The summed E-state index contributed by atoms with van der Waals surface area (Å²) in [4.78, 5) is 22.5. The van der Waals surface area contributed by atoms with Crippen molar-refractivity contribution in [2.24, 2.45) is 0 Å². The predicted molar refractivity (Wildman–Crippen MR) is 87.5 cm³/mol. The summed E-state index contributed by atoms with van der Waals surface area (Å²) in [5, 5.41) is 8.69. The number of benzene rings is 1. The number of aliphatic carboxylic acids is 1. The van der Waals surface area contributed by atoms with Gasteiger partial charge in [0.2, 0.25) is 0 Å². The van der Waals surface area contributed by atoms with Gasteiger partial charge in [-0.3, -0.25) is 4.79 Å². The van der Waals surface area contributed by atoms with E-state index in [1.807, 2.05) is 23.6 Å². The van der Waals surface area contributed by atoms with Crippen LogP contribution in [0.25, 0.3) is 11.8 Å². The summed E-state index contributed by atoms with van der Waals surface area (Å²) in [5.41, 5.74) is 3.14. The van der Waals surface area contributed by atoms with Crippen molar-refractivity contribution in [3.05, 3.63) is 69.6 Å². The summed E-state index contributed by atoms with van der Waals surface area (Å²) in [6.07, 6.45) is 3.96. The van der Waals surface area contributed by atoms with Crippen molar-refractivity contribution in [2.45, 2.75) is 26.7 Å². The zero-order valence-electron chi connectivity index (χ0n) is 12.9. The molecule has 0 atom stereocenters. The van der Waals surface area contributed by atoms with E-state index in [9.17, 15) is 9.59 Å². The second-order valence-corrected chi connectivity index (χ2v) is 5.52. The average Bonchev–Trinajstić information content (AvgIpc) is 2.46. The molecule has 0 saturated heterocycles. The molecule has 1 heterocycles. The summed E-state index contributed by atoms with van der Waals surface area (Å²) in [7, 11) is 0. The van der Waals surface area contributed by atoms with Gasteiger partial charge in [0.15, 0.2) is 5.43 Å². The molecular formula is C18H19NO3. The molecule has 4 heteroatoms. The fourth-order valence-electron chi connectivity index (χ4n) is 2.23. The van der Waals surface area contributed by atoms with Crippen LogP contribution in [-0.2, 0) is 4.79 Å². The molecule has 0 aliphatic carbocycles. The van der Waals surface area contributed by atoms with Gasteiger partial charge in [0.1, 0.15) is 0 Å². The number of aryl methyl sites for hydroxylation is 1. The molecule has 0 fully saturated rings. The number of carboxylic acids is 1. The largest absolute Gasteiger partial charge is 0.478 e. The molecule has 2 aromatic rings. The lowest BCUT2D eigenvalue weighted by Gasteiger charge is -2.13. The molecule has 22 heavy (non-hydrogen) atoms. The first-order valence-electron chi connectivity index (χ1n) is 7.13. The molecule has 4 nitrogen and oxygen atoms in total. The fourth-order valence-corrected chi connectivity index (χ4v) is 2.23. The number of pyridine rings is 1. The molecule has 0 bridgehead atoms. The van der Waals surface area contributed by atoms with Crippen molar-refractivity contribution in [1.82, 2.24) is 4.57 Å². The molecule has 1 aromatic heterocycles. The van der Waals surface area contributed by atoms with Crippen LogP contribution in [-0.4, -0.2) is 15.6 Å². The molecule has 0 spiro atoms. The van der Waals surface area contributed by atoms with Crippen LogP contribution in [0.1, 0.15) is 36.6 Å². The molecule has 0 radical (unpaired) electrons. The number of hydrogen-bond donors (Lipinski definition) is 1. The van der Waals surface area contributed by atoms with E-state index in [0.717, 1.165) is 17.5 Å². The third kappa shape index (κ3) is 3.52. The van der Waals surface area contributed by atoms with Crippen LogP contribution in [0.4, 0.5) is 0 Å². The first-order chi connectivity index (χ1) is 10.4. The van der Waals surface area contributed by atoms with Crippen molar-refractivity contribution >= 4 is 12.0 Å². The van der Waals surface area contributed by atoms with Crippen molar-refractivity contribution in [3.8, 4) is 5.69 Å². The second kappa shape index (κ2) is 6.43. The van der Waals surface area contributed by atoms with Crippen LogP contribution in [0.15, 0.2) is 47.4 Å². The van der Waals surface area contributed by atoms with E-state index in [0.29, 0.717) is 11.5 Å². The molecule has 2 rings (SSSR count). The van der Waals surface area contributed by atoms with E-state index < -0.39 is 5.97 Å². The maximum atomic E-state index is 11.9. The smallest absolute Gasteiger partial charge is 0.328 e. The Balaban J connectivity index is 2.48. The minimum atomic E-state index is -1.08. The van der Waals surface area contributed by atoms with Crippen LogP contribution in [0.5, 0.6) is 0 Å². The lowest BCUT2D eigenvalue weighted by molar-refractivity contribution is -0.131. The van der Waals surface area contributed by atoms with E-state index in [2.05, 4.69) is 26.0 Å². The third-order valence-corrected chi connectivity index (χ3v) is 3.52. The Morgan fingerprint density at radius 2 is 1.86 bits per heavy atom. The van der Waals surface area contributed by atoms with Gasteiger partial charge in [0.05, 0.1) is 0 Å². The van der Waals surface area contributed by atoms with Crippen molar-refractivity contribution in [2.75, 3.05) is 0 Å². The monoisotopic (exact) mass is 297 g/mol. The van der Waals surface area contributed by atoms with Gasteiger partial charge in [-0.15, -0.1) is 0 Å². The molecule has 114 valence electrons. The Bertz CT molecular complexity index is 768. The molecule has 1 N–H and O–H groups in total. The van der Waals surface area contributed by atoms with Crippen LogP contribution >= 0.6 is 0 Å². The highest BCUT2D eigenvalue weighted by Crippen LogP contribution is 2.18. The van der Waals surface area contributed by atoms with Crippen LogP contribution < -0.4 is 5.43 Å². The molecule has 0 amide bonds. The Kier molecular flexibility index (Phi) is 4.61. The highest BCUT2D eigenvalue weighted by molar-refractivity contribution is 5.85. The van der Waals surface area contributed by atoms with Gasteiger partial charge in [-0.25, -0.2) is 4.79 Å². The number of carboxylic acid groups (broad SMARTS) is 1. The molecular weight excluding hydrogens is 278 g/mol. The van der Waals surface area contributed by atoms with Crippen LogP contribution in [0, 0.1) is 6.92 Å². The minimum absolute atomic E-state index is 0.190. The first kappa shape index (κ1) is 15.8. The normalized spacial score (nSPS) is 11.3. The summed E-state index contributed by atoms with van der Waals surface area (Å²) >= 11 is 0. The highest BCUT2D eigenvalue weighted by atomic mass is 16.4. The van der Waals surface area contributed by atoms with Crippen LogP contribution in [0.2, 0.25) is 0 Å². The van der Waals surface area contributed by atoms with E-state index in [4.69, 9.17) is 5.11 Å². The van der Waals surface area contributed by atoms with Crippen molar-refractivity contribution in [1.29, 1.82) is 0 Å². The Morgan fingerprint density at radius 3 is 2.41 bits per heavy atom. The van der Waals surface area contributed by atoms with E-state index in [-0.39, 0.29) is 5.43 Å². The lowest BCUT2D eigenvalue weighted by Crippen LogP contribution is -2.11. The SMILES string of the molecule is Cc1cc(=O)c(/C=C/C(=O)O)cn1-c1ccc(C(C)C)cc1. The quantitative estimate of drug-likeness (QED) is 0.880. The Labute approximate surface area is 129 Å². The summed E-state index contributed by atoms with van der Waals surface area (Å²) in [5.74, 6) is -0.619. The zero-order valence-corrected chi connectivity index (χ0v) is 12.9. The average molecular weight is 297 g/mol. The van der Waals surface area contributed by atoms with Gasteiger partial charge in [0.25, 0.3) is 0 Å². The molecule has 0 unspecified atom stereocenters. The van der Waals surface area contributed by atoms with Crippen LogP contribution in [0.3, 0.4) is 0 Å². The third-order valence-electron chi connectivity index (χ3n) is 3.52. The summed E-state index contributed by atoms with van der Waals surface area (Å²) < 4.78 is 1.88. The van der Waals surface area contributed by atoms with Gasteiger partial charge in [-0.2, -0.15) is 0 Å². The number of carbonyl (C=O) groups is 1. The zero-order chi connectivity index (χ0) is 16.3. The molecule has 0 aliphatic rings. The topological polar surface area (TPSA) is 59.3 Å². The molecule has 1 aromatic carbocycles. The van der Waals surface area contributed by atoms with Crippen molar-refractivity contribution in [3.63, 3.8) is 0 Å². The molecule has 0 saturated carbocycles. The number of rotatable bonds is 4. The Morgan fingerprint density at radius 1 is 1.23 bits per heavy atom. The van der Waals surface area contributed by atoms with Gasteiger partial charge < -0.3 is 9.67 Å². The molecule has 0 aliphatic heterocycles. The van der Waals surface area contributed by atoms with E-state index >= 15 is 0 Å². The van der Waals surface area contributed by atoms with Gasteiger partial charge in [0, 0.05) is 35.3 Å². The second-order valence-electron chi connectivity index (χ2n) is 5.52. The number of aromatic nitrogens is 1. The van der Waals surface area contributed by atoms with E-state index in [1.165, 1.54) is 17.7 Å². The number of hydrogen-bond acceptors (Lipinski definition) is 2. The number of nitrogens with zero attached hydrogens (tertiary/aromatic N) is 1. The van der Waals surface area contributed by atoms with Gasteiger partial charge in [-0.1, -0.05) is 26.0 Å². The maximum Gasteiger partial charge on any atom is 0.328 e. The first-order valence-corrected chi connectivity index (χ1v) is 7.13. The Hall–Kier alpha value is -2.62. The standard InChI is InChI=1S/C18H19NO3/c1-12(2)14-4-7-16(8-5-14)19-11-15(6-9-18(21)22)17(20)10-13(19)3/h4-12H,1-3H3,(H,21,22)/b9-6+. The lowest BCUT2D eigenvalue weighted by atomic mass is 10.0. The highest BCUT2D eigenvalue weighted by Gasteiger charge is 2.05. The summed E-state index contributed by atoms with van der Waals surface area (Å²) in [6, 6.07) is 9.63. The summed E-state index contributed by atoms with van der Waals surface area (Å²) in [6.45, 7) is 6.12. The fraction of sp³-hybridized carbons (Fsp3) is 0.222.